The molecule has 25 heavy (non-hydrogen) atoms. The molecule has 2 aromatic carbocycles. The van der Waals surface area contributed by atoms with Crippen molar-refractivity contribution in [2.24, 2.45) is 11.8 Å². The van der Waals surface area contributed by atoms with E-state index in [0.717, 1.165) is 16.5 Å². The Kier molecular flexibility index (Phi) is 6.78. The Balaban J connectivity index is 2.37. The van der Waals surface area contributed by atoms with Crippen molar-refractivity contribution in [1.29, 1.82) is 0 Å². The van der Waals surface area contributed by atoms with Crippen molar-refractivity contribution in [3.63, 3.8) is 0 Å². The molecule has 0 fully saturated rings. The quantitative estimate of drug-likeness (QED) is 0.226. The average molecular weight is 453 g/mol. The molecule has 1 unspecified atom stereocenters. The molecule has 0 aliphatic rings. The van der Waals surface area contributed by atoms with Gasteiger partial charge in [0.05, 0.1) is 5.69 Å². The van der Waals surface area contributed by atoms with E-state index in [-0.39, 0.29) is 21.7 Å². The average Bonchev–Trinajstić information content (AvgIpc) is 2.52. The number of amides is 2. The summed E-state index contributed by atoms with van der Waals surface area (Å²) in [4.78, 5) is 24.4. The third-order valence-corrected chi connectivity index (χ3v) is 4.19. The molecule has 0 bridgehead atoms. The Labute approximate surface area is 162 Å². The second-order valence-corrected chi connectivity index (χ2v) is 8.70. The van der Waals surface area contributed by atoms with E-state index in [2.05, 4.69) is 27.9 Å². The smallest absolute Gasteiger partial charge is 0.242 e. The fourth-order valence-corrected chi connectivity index (χ4v) is 3.03. The number of alkyl halides is 1. The van der Waals surface area contributed by atoms with Crippen LogP contribution in [0.25, 0.3) is 10.8 Å². The van der Waals surface area contributed by atoms with Gasteiger partial charge in [0.25, 0.3) is 0 Å². The molecule has 134 valence electrons. The Morgan fingerprint density at radius 1 is 1.08 bits per heavy atom. The van der Waals surface area contributed by atoms with E-state index in [1.165, 1.54) is 5.01 Å². The first-order chi connectivity index (χ1) is 11.8. The number of hydrogen-bond acceptors (Lipinski definition) is 3. The zero-order valence-corrected chi connectivity index (χ0v) is 16.9. The number of nitrogens with one attached hydrogen (secondary N) is 1. The number of fused-ring (bicyclic) bond motifs is 1. The molecule has 0 radical (unpaired) electrons. The normalized spacial score (nSPS) is 12.2. The van der Waals surface area contributed by atoms with E-state index in [0.29, 0.717) is 18.5 Å². The van der Waals surface area contributed by atoms with Crippen LogP contribution in [0, 0.1) is 5.92 Å². The number of carbonyl (C=O) groups excluding carboxylic acids is 2. The standard InChI is InChI=1S/C19H24IN3O2/c1-12(2)10-18(24)22-16-8-4-7-15-14(16)6-5-9-17(15)23(21)19(25)11-13(3)20/h4-9,12-13H,10-11,21H2,1-3H3,(H,22,24). The van der Waals surface area contributed by atoms with Crippen LogP contribution < -0.4 is 16.2 Å². The molecule has 6 heteroatoms. The summed E-state index contributed by atoms with van der Waals surface area (Å²) in [6.07, 6.45) is 0.837. The lowest BCUT2D eigenvalue weighted by atomic mass is 10.1. The van der Waals surface area contributed by atoms with Crippen molar-refractivity contribution in [3.8, 4) is 0 Å². The van der Waals surface area contributed by atoms with Crippen LogP contribution in [0.15, 0.2) is 36.4 Å². The number of carbonyl (C=O) groups is 2. The summed E-state index contributed by atoms with van der Waals surface area (Å²) in [6.45, 7) is 5.98. The van der Waals surface area contributed by atoms with Gasteiger partial charge in [-0.05, 0) is 18.1 Å². The summed E-state index contributed by atoms with van der Waals surface area (Å²) in [5.41, 5.74) is 1.37. The number of rotatable bonds is 6. The Morgan fingerprint density at radius 2 is 1.72 bits per heavy atom. The minimum Gasteiger partial charge on any atom is -0.326 e. The molecule has 2 rings (SSSR count). The van der Waals surface area contributed by atoms with Gasteiger partial charge < -0.3 is 5.32 Å². The fraction of sp³-hybridized carbons (Fsp3) is 0.368. The Morgan fingerprint density at radius 3 is 2.36 bits per heavy atom. The molecule has 0 aliphatic carbocycles. The molecule has 0 aliphatic heterocycles. The van der Waals surface area contributed by atoms with Gasteiger partial charge in [0.15, 0.2) is 0 Å². The molecular weight excluding hydrogens is 429 g/mol. The van der Waals surface area contributed by atoms with Crippen molar-refractivity contribution >= 4 is 56.6 Å². The van der Waals surface area contributed by atoms with E-state index in [1.807, 2.05) is 57.2 Å². The lowest BCUT2D eigenvalue weighted by Crippen LogP contribution is -2.38. The third-order valence-electron chi connectivity index (χ3n) is 3.75. The summed E-state index contributed by atoms with van der Waals surface area (Å²) in [5.74, 6) is 6.20. The topological polar surface area (TPSA) is 75.4 Å². The summed E-state index contributed by atoms with van der Waals surface area (Å²) in [6, 6.07) is 11.2. The van der Waals surface area contributed by atoms with Gasteiger partial charge in [-0.2, -0.15) is 0 Å². The predicted molar refractivity (Wildman–Crippen MR) is 112 cm³/mol. The highest BCUT2D eigenvalue weighted by Gasteiger charge is 2.17. The van der Waals surface area contributed by atoms with Gasteiger partial charge in [0.2, 0.25) is 11.8 Å². The molecule has 0 saturated carbocycles. The zero-order chi connectivity index (χ0) is 18.6. The number of hydrazine groups is 1. The highest BCUT2D eigenvalue weighted by atomic mass is 127. The van der Waals surface area contributed by atoms with Crippen LogP contribution in [-0.4, -0.2) is 15.7 Å². The van der Waals surface area contributed by atoms with Crippen LogP contribution in [-0.2, 0) is 9.59 Å². The van der Waals surface area contributed by atoms with E-state index in [4.69, 9.17) is 5.84 Å². The molecule has 2 aromatic rings. The molecule has 0 saturated heterocycles. The number of hydrogen-bond donors (Lipinski definition) is 2. The van der Waals surface area contributed by atoms with Crippen LogP contribution in [0.1, 0.15) is 33.6 Å². The van der Waals surface area contributed by atoms with Gasteiger partial charge in [-0.15, -0.1) is 0 Å². The van der Waals surface area contributed by atoms with Crippen LogP contribution in [0.2, 0.25) is 0 Å². The van der Waals surface area contributed by atoms with E-state index < -0.39 is 0 Å². The molecule has 0 aromatic heterocycles. The molecule has 2 amide bonds. The SMILES string of the molecule is CC(C)CC(=O)Nc1cccc2c(N(N)C(=O)CC(C)I)cccc12. The summed E-state index contributed by atoms with van der Waals surface area (Å²) in [5, 5.41) is 5.86. The largest absolute Gasteiger partial charge is 0.326 e. The highest BCUT2D eigenvalue weighted by Crippen LogP contribution is 2.31. The van der Waals surface area contributed by atoms with Gasteiger partial charge in [-0.3, -0.25) is 9.59 Å². The second kappa shape index (κ2) is 8.62. The maximum Gasteiger partial charge on any atom is 0.242 e. The van der Waals surface area contributed by atoms with Gasteiger partial charge in [0.1, 0.15) is 0 Å². The van der Waals surface area contributed by atoms with Crippen LogP contribution in [0.3, 0.4) is 0 Å². The summed E-state index contributed by atoms with van der Waals surface area (Å²) in [7, 11) is 0. The lowest BCUT2D eigenvalue weighted by Gasteiger charge is -2.20. The Bertz CT molecular complexity index is 774. The third kappa shape index (κ3) is 5.15. The first-order valence-electron chi connectivity index (χ1n) is 8.33. The van der Waals surface area contributed by atoms with Gasteiger partial charge in [-0.1, -0.05) is 67.6 Å². The maximum absolute atomic E-state index is 12.3. The van der Waals surface area contributed by atoms with Crippen molar-refractivity contribution < 1.29 is 9.59 Å². The van der Waals surface area contributed by atoms with Crippen molar-refractivity contribution in [3.05, 3.63) is 36.4 Å². The fourth-order valence-electron chi connectivity index (χ4n) is 2.66. The number of benzene rings is 2. The predicted octanol–water partition coefficient (Wildman–Crippen LogP) is 4.24. The summed E-state index contributed by atoms with van der Waals surface area (Å²) < 4.78 is 0.206. The number of nitrogens with two attached hydrogens (primary N) is 1. The first-order valence-corrected chi connectivity index (χ1v) is 9.57. The molecule has 1 atom stereocenters. The number of anilines is 2. The van der Waals surface area contributed by atoms with Crippen molar-refractivity contribution in [2.75, 3.05) is 10.3 Å². The summed E-state index contributed by atoms with van der Waals surface area (Å²) >= 11 is 2.21. The van der Waals surface area contributed by atoms with Crippen molar-refractivity contribution in [1.82, 2.24) is 0 Å². The van der Waals surface area contributed by atoms with E-state index in [9.17, 15) is 9.59 Å². The first kappa shape index (κ1) is 19.7. The van der Waals surface area contributed by atoms with Crippen LogP contribution in [0.4, 0.5) is 11.4 Å². The lowest BCUT2D eigenvalue weighted by molar-refractivity contribution is -0.118. The monoisotopic (exact) mass is 453 g/mol. The second-order valence-electron chi connectivity index (χ2n) is 6.57. The molecular formula is C19H24IN3O2. The van der Waals surface area contributed by atoms with Gasteiger partial charge in [-0.25, -0.2) is 10.9 Å². The molecule has 5 nitrogen and oxygen atoms in total. The number of halogens is 1. The van der Waals surface area contributed by atoms with E-state index >= 15 is 0 Å². The van der Waals surface area contributed by atoms with Crippen molar-refractivity contribution in [2.45, 2.75) is 37.5 Å². The molecule has 3 N–H and O–H groups in total. The zero-order valence-electron chi connectivity index (χ0n) is 14.8. The minimum atomic E-state index is -0.136. The van der Waals surface area contributed by atoms with Crippen LogP contribution in [0.5, 0.6) is 0 Å². The van der Waals surface area contributed by atoms with Crippen LogP contribution >= 0.6 is 22.6 Å². The molecule has 0 spiro atoms. The minimum absolute atomic E-state index is 0.0210. The molecule has 0 heterocycles. The highest BCUT2D eigenvalue weighted by molar-refractivity contribution is 14.1. The maximum atomic E-state index is 12.3. The number of nitrogens with zero attached hydrogens (tertiary/aromatic N) is 1. The van der Waals surface area contributed by atoms with Gasteiger partial charge >= 0.3 is 0 Å². The van der Waals surface area contributed by atoms with Gasteiger partial charge in [0, 0.05) is 33.2 Å². The van der Waals surface area contributed by atoms with E-state index in [1.54, 1.807) is 0 Å². The Hall–Kier alpha value is -1.67.